The lowest BCUT2D eigenvalue weighted by molar-refractivity contribution is -0.121. The SMILES string of the molecule is Cc1nc(CC(=O)NC2CCC(Sc3ncccn3)CC2)cs1. The van der Waals surface area contributed by atoms with Crippen molar-refractivity contribution in [1.82, 2.24) is 20.3 Å². The van der Waals surface area contributed by atoms with E-state index in [4.69, 9.17) is 0 Å². The number of thiazole rings is 1. The highest BCUT2D eigenvalue weighted by molar-refractivity contribution is 7.99. The molecule has 0 bridgehead atoms. The number of amides is 1. The van der Waals surface area contributed by atoms with Crippen LogP contribution in [0.25, 0.3) is 0 Å². The Morgan fingerprint density at radius 1 is 1.30 bits per heavy atom. The van der Waals surface area contributed by atoms with Crippen molar-refractivity contribution >= 4 is 29.0 Å². The van der Waals surface area contributed by atoms with Crippen molar-refractivity contribution in [3.63, 3.8) is 0 Å². The minimum absolute atomic E-state index is 0.0813. The molecule has 2 heterocycles. The van der Waals surface area contributed by atoms with Crippen molar-refractivity contribution in [3.05, 3.63) is 34.5 Å². The molecule has 1 amide bonds. The number of thioether (sulfide) groups is 1. The topological polar surface area (TPSA) is 67.8 Å². The van der Waals surface area contributed by atoms with Gasteiger partial charge in [0.25, 0.3) is 0 Å². The van der Waals surface area contributed by atoms with Crippen LogP contribution in [-0.2, 0) is 11.2 Å². The molecule has 0 spiro atoms. The van der Waals surface area contributed by atoms with E-state index in [0.29, 0.717) is 11.7 Å². The third-order valence-electron chi connectivity index (χ3n) is 3.86. The van der Waals surface area contributed by atoms with E-state index in [9.17, 15) is 4.79 Å². The van der Waals surface area contributed by atoms with Gasteiger partial charge in [0, 0.05) is 29.1 Å². The molecule has 5 nitrogen and oxygen atoms in total. The quantitative estimate of drug-likeness (QED) is 0.841. The second-order valence-corrected chi connectivity index (χ2v) is 8.05. The second-order valence-electron chi connectivity index (χ2n) is 5.73. The minimum atomic E-state index is 0.0813. The number of nitrogens with zero attached hydrogens (tertiary/aromatic N) is 3. The fraction of sp³-hybridized carbons (Fsp3) is 0.500. The molecule has 0 radical (unpaired) electrons. The lowest BCUT2D eigenvalue weighted by Gasteiger charge is -2.28. The predicted molar refractivity (Wildman–Crippen MR) is 92.6 cm³/mol. The molecule has 122 valence electrons. The van der Waals surface area contributed by atoms with Crippen molar-refractivity contribution in [2.24, 2.45) is 0 Å². The predicted octanol–water partition coefficient (Wildman–Crippen LogP) is 3.00. The lowest BCUT2D eigenvalue weighted by atomic mass is 9.95. The average Bonchev–Trinajstić information content (AvgIpc) is 2.95. The van der Waals surface area contributed by atoms with Gasteiger partial charge in [-0.2, -0.15) is 0 Å². The molecule has 1 saturated carbocycles. The summed E-state index contributed by atoms with van der Waals surface area (Å²) in [5.41, 5.74) is 0.871. The highest BCUT2D eigenvalue weighted by atomic mass is 32.2. The van der Waals surface area contributed by atoms with Gasteiger partial charge in [0.1, 0.15) is 0 Å². The van der Waals surface area contributed by atoms with E-state index >= 15 is 0 Å². The molecule has 0 atom stereocenters. The minimum Gasteiger partial charge on any atom is -0.353 e. The van der Waals surface area contributed by atoms with Gasteiger partial charge >= 0.3 is 0 Å². The highest BCUT2D eigenvalue weighted by Gasteiger charge is 2.23. The molecule has 1 N–H and O–H groups in total. The summed E-state index contributed by atoms with van der Waals surface area (Å²) in [5, 5.41) is 7.51. The van der Waals surface area contributed by atoms with Crippen LogP contribution < -0.4 is 5.32 Å². The van der Waals surface area contributed by atoms with Gasteiger partial charge in [-0.15, -0.1) is 11.3 Å². The van der Waals surface area contributed by atoms with E-state index < -0.39 is 0 Å². The van der Waals surface area contributed by atoms with E-state index in [0.717, 1.165) is 41.5 Å². The first-order valence-corrected chi connectivity index (χ1v) is 9.59. The first kappa shape index (κ1) is 16.4. The Hall–Kier alpha value is -1.47. The largest absolute Gasteiger partial charge is 0.353 e. The van der Waals surface area contributed by atoms with Crippen LogP contribution in [0.2, 0.25) is 0 Å². The molecule has 0 saturated heterocycles. The zero-order valence-corrected chi connectivity index (χ0v) is 14.7. The summed E-state index contributed by atoms with van der Waals surface area (Å²) >= 11 is 3.34. The van der Waals surface area contributed by atoms with Crippen molar-refractivity contribution in [2.75, 3.05) is 0 Å². The number of aryl methyl sites for hydroxylation is 1. The summed E-state index contributed by atoms with van der Waals surface area (Å²) in [6.07, 6.45) is 8.16. The van der Waals surface area contributed by atoms with Crippen LogP contribution in [0.3, 0.4) is 0 Å². The van der Waals surface area contributed by atoms with Crippen LogP contribution in [0, 0.1) is 6.92 Å². The van der Waals surface area contributed by atoms with Crippen molar-refractivity contribution < 1.29 is 4.79 Å². The van der Waals surface area contributed by atoms with Gasteiger partial charge in [-0.05, 0) is 38.7 Å². The van der Waals surface area contributed by atoms with Crippen molar-refractivity contribution in [2.45, 2.75) is 55.5 Å². The molecule has 7 heteroatoms. The Morgan fingerprint density at radius 3 is 2.70 bits per heavy atom. The molecule has 0 aromatic carbocycles. The summed E-state index contributed by atoms with van der Waals surface area (Å²) in [6, 6.07) is 2.12. The monoisotopic (exact) mass is 348 g/mol. The van der Waals surface area contributed by atoms with Crippen LogP contribution >= 0.6 is 23.1 Å². The molecule has 0 unspecified atom stereocenters. The zero-order chi connectivity index (χ0) is 16.1. The third-order valence-corrected chi connectivity index (χ3v) is 5.91. The van der Waals surface area contributed by atoms with Crippen LogP contribution in [0.5, 0.6) is 0 Å². The van der Waals surface area contributed by atoms with Gasteiger partial charge in [0.15, 0.2) is 5.16 Å². The number of carbonyl (C=O) groups is 1. The van der Waals surface area contributed by atoms with Gasteiger partial charge in [-0.1, -0.05) is 11.8 Å². The smallest absolute Gasteiger partial charge is 0.226 e. The Balaban J connectivity index is 1.41. The van der Waals surface area contributed by atoms with Crippen LogP contribution in [-0.4, -0.2) is 32.2 Å². The third kappa shape index (κ3) is 5.00. The van der Waals surface area contributed by atoms with Gasteiger partial charge in [-0.3, -0.25) is 4.79 Å². The maximum Gasteiger partial charge on any atom is 0.226 e. The fourth-order valence-corrected chi connectivity index (χ4v) is 4.42. The maximum atomic E-state index is 12.1. The Morgan fingerprint density at radius 2 is 2.04 bits per heavy atom. The van der Waals surface area contributed by atoms with E-state index in [2.05, 4.69) is 20.3 Å². The van der Waals surface area contributed by atoms with Crippen LogP contribution in [0.15, 0.2) is 29.0 Å². The van der Waals surface area contributed by atoms with Crippen LogP contribution in [0.4, 0.5) is 0 Å². The molecule has 1 aliphatic rings. The standard InChI is InChI=1S/C16H20N4OS2/c1-11-19-13(10-22-11)9-15(21)20-12-3-5-14(6-4-12)23-16-17-7-2-8-18-16/h2,7-8,10,12,14H,3-6,9H2,1H3,(H,20,21). The second kappa shape index (κ2) is 7.88. The van der Waals surface area contributed by atoms with Gasteiger partial charge < -0.3 is 5.32 Å². The van der Waals surface area contributed by atoms with Gasteiger partial charge in [-0.25, -0.2) is 15.0 Å². The first-order chi connectivity index (χ1) is 11.2. The number of hydrogen-bond acceptors (Lipinski definition) is 6. The van der Waals surface area contributed by atoms with Gasteiger partial charge in [0.2, 0.25) is 5.91 Å². The number of hydrogen-bond donors (Lipinski definition) is 1. The van der Waals surface area contributed by atoms with E-state index in [1.807, 2.05) is 18.4 Å². The van der Waals surface area contributed by atoms with Crippen molar-refractivity contribution in [1.29, 1.82) is 0 Å². The average molecular weight is 348 g/mol. The zero-order valence-electron chi connectivity index (χ0n) is 13.1. The summed E-state index contributed by atoms with van der Waals surface area (Å²) in [5.74, 6) is 0.0813. The Bertz CT molecular complexity index is 639. The molecule has 3 rings (SSSR count). The Labute approximate surface area is 144 Å². The summed E-state index contributed by atoms with van der Waals surface area (Å²) in [6.45, 7) is 1.96. The normalized spacial score (nSPS) is 21.1. The summed E-state index contributed by atoms with van der Waals surface area (Å²) in [4.78, 5) is 25.0. The number of aromatic nitrogens is 3. The maximum absolute atomic E-state index is 12.1. The molecule has 1 aliphatic carbocycles. The summed E-state index contributed by atoms with van der Waals surface area (Å²) in [7, 11) is 0. The van der Waals surface area contributed by atoms with E-state index in [1.54, 1.807) is 35.5 Å². The molecule has 23 heavy (non-hydrogen) atoms. The molecular formula is C16H20N4OS2. The molecule has 0 aliphatic heterocycles. The first-order valence-electron chi connectivity index (χ1n) is 7.83. The number of rotatable bonds is 5. The highest BCUT2D eigenvalue weighted by Crippen LogP contribution is 2.31. The molecule has 2 aromatic heterocycles. The van der Waals surface area contributed by atoms with E-state index in [-0.39, 0.29) is 11.9 Å². The fourth-order valence-electron chi connectivity index (χ4n) is 2.75. The Kier molecular flexibility index (Phi) is 5.61. The number of nitrogens with one attached hydrogen (secondary N) is 1. The summed E-state index contributed by atoms with van der Waals surface area (Å²) < 4.78 is 0. The van der Waals surface area contributed by atoms with Crippen LogP contribution in [0.1, 0.15) is 36.4 Å². The number of carbonyl (C=O) groups excluding carboxylic acids is 1. The lowest BCUT2D eigenvalue weighted by Crippen LogP contribution is -2.39. The molecule has 1 fully saturated rings. The molecule has 2 aromatic rings. The van der Waals surface area contributed by atoms with Crippen molar-refractivity contribution in [3.8, 4) is 0 Å². The van der Waals surface area contributed by atoms with E-state index in [1.165, 1.54) is 0 Å². The molecular weight excluding hydrogens is 328 g/mol. The van der Waals surface area contributed by atoms with Gasteiger partial charge in [0.05, 0.1) is 17.1 Å².